The number of carbonyl (C=O) groups excluding carboxylic acids is 1. The summed E-state index contributed by atoms with van der Waals surface area (Å²) in [6.45, 7) is 5.60. The fraction of sp³-hybridized carbons (Fsp3) is 0.522. The van der Waals surface area contributed by atoms with Gasteiger partial charge in [-0.05, 0) is 29.1 Å². The normalized spacial score (nSPS) is 20.2. The first-order valence-corrected chi connectivity index (χ1v) is 11.5. The number of Topliss-reactive ketones (excluding diaryl/α,β-unsaturated/α-hetero) is 1. The predicted molar refractivity (Wildman–Crippen MR) is 120 cm³/mol. The highest BCUT2D eigenvalue weighted by Gasteiger charge is 2.40. The van der Waals surface area contributed by atoms with Crippen molar-refractivity contribution >= 4 is 17.1 Å². The molecule has 168 valence electrons. The molecular weight excluding hydrogens is 416 g/mol. The van der Waals surface area contributed by atoms with Gasteiger partial charge < -0.3 is 18.9 Å². The average molecular weight is 447 g/mol. The number of hydrogen-bond acceptors (Lipinski definition) is 8. The lowest BCUT2D eigenvalue weighted by molar-refractivity contribution is -0.0301. The Morgan fingerprint density at radius 2 is 1.58 bits per heavy atom. The van der Waals surface area contributed by atoms with Crippen LogP contribution in [0.15, 0.2) is 35.7 Å². The third kappa shape index (κ3) is 4.94. The van der Waals surface area contributed by atoms with Crippen LogP contribution in [0.1, 0.15) is 21.3 Å². The summed E-state index contributed by atoms with van der Waals surface area (Å²) in [7, 11) is 3.27. The lowest BCUT2D eigenvalue weighted by Crippen LogP contribution is -2.55. The summed E-state index contributed by atoms with van der Waals surface area (Å²) in [6, 6.07) is 9.40. The van der Waals surface area contributed by atoms with Crippen LogP contribution in [0.4, 0.5) is 0 Å². The van der Waals surface area contributed by atoms with Crippen LogP contribution >= 0.6 is 11.3 Å². The predicted octanol–water partition coefficient (Wildman–Crippen LogP) is 2.72. The Kier molecular flexibility index (Phi) is 7.58. The van der Waals surface area contributed by atoms with Gasteiger partial charge in [0, 0.05) is 26.2 Å². The minimum atomic E-state index is -0.321. The van der Waals surface area contributed by atoms with Crippen LogP contribution < -0.4 is 9.47 Å². The molecule has 1 aromatic carbocycles. The molecule has 0 spiro atoms. The molecule has 0 amide bonds. The first-order valence-electron chi connectivity index (χ1n) is 10.7. The molecule has 7 nitrogen and oxygen atoms in total. The minimum absolute atomic E-state index is 0.128. The molecule has 0 unspecified atom stereocenters. The van der Waals surface area contributed by atoms with Gasteiger partial charge in [0.1, 0.15) is 0 Å². The number of benzene rings is 1. The lowest BCUT2D eigenvalue weighted by Gasteiger charge is -2.44. The maximum Gasteiger partial charge on any atom is 0.191 e. The van der Waals surface area contributed by atoms with Crippen molar-refractivity contribution in [1.82, 2.24) is 9.80 Å². The van der Waals surface area contributed by atoms with Gasteiger partial charge in [0.2, 0.25) is 0 Å². The highest BCUT2D eigenvalue weighted by atomic mass is 32.1. The van der Waals surface area contributed by atoms with Gasteiger partial charge in [0.25, 0.3) is 0 Å². The van der Waals surface area contributed by atoms with Gasteiger partial charge in [-0.15, -0.1) is 11.3 Å². The zero-order valence-corrected chi connectivity index (χ0v) is 18.9. The first kappa shape index (κ1) is 22.2. The quantitative estimate of drug-likeness (QED) is 0.578. The molecule has 0 radical (unpaired) electrons. The lowest BCUT2D eigenvalue weighted by atomic mass is 9.91. The van der Waals surface area contributed by atoms with Gasteiger partial charge in [-0.2, -0.15) is 0 Å². The smallest absolute Gasteiger partial charge is 0.191 e. The highest BCUT2D eigenvalue weighted by molar-refractivity contribution is 7.12. The molecule has 0 bridgehead atoms. The van der Waals surface area contributed by atoms with Crippen LogP contribution in [0.2, 0.25) is 0 Å². The maximum atomic E-state index is 13.9. The van der Waals surface area contributed by atoms with Crippen molar-refractivity contribution in [3.63, 3.8) is 0 Å². The van der Waals surface area contributed by atoms with Crippen molar-refractivity contribution < 1.29 is 23.7 Å². The molecule has 2 atom stereocenters. The third-order valence-electron chi connectivity index (χ3n) is 5.96. The van der Waals surface area contributed by atoms with E-state index in [1.807, 2.05) is 29.6 Å². The molecule has 2 aromatic rings. The van der Waals surface area contributed by atoms with Crippen molar-refractivity contribution in [2.75, 3.05) is 66.8 Å². The second kappa shape index (κ2) is 10.6. The van der Waals surface area contributed by atoms with Crippen LogP contribution in [0, 0.1) is 0 Å². The Morgan fingerprint density at radius 1 is 0.935 bits per heavy atom. The summed E-state index contributed by atoms with van der Waals surface area (Å²) in [4.78, 5) is 19.3. The van der Waals surface area contributed by atoms with Crippen molar-refractivity contribution in [2.24, 2.45) is 0 Å². The zero-order chi connectivity index (χ0) is 21.6. The highest BCUT2D eigenvalue weighted by Crippen LogP contribution is 2.37. The molecule has 31 heavy (non-hydrogen) atoms. The van der Waals surface area contributed by atoms with E-state index >= 15 is 0 Å². The molecule has 0 saturated carbocycles. The summed E-state index contributed by atoms with van der Waals surface area (Å²) in [5.74, 6) is 1.50. The van der Waals surface area contributed by atoms with E-state index < -0.39 is 0 Å². The standard InChI is InChI=1S/C23H30N2O5S/c1-27-18-6-5-17(16-19(18)28-2)21(24-7-11-29-12-8-24)22(25-9-13-30-14-10-25)23(26)20-4-3-15-31-20/h3-6,15-16,21-22H,7-14H2,1-2H3/t21-,22+/m1/s1. The van der Waals surface area contributed by atoms with E-state index in [1.54, 1.807) is 14.2 Å². The monoisotopic (exact) mass is 446 g/mol. The van der Waals surface area contributed by atoms with E-state index in [1.165, 1.54) is 11.3 Å². The van der Waals surface area contributed by atoms with Crippen molar-refractivity contribution in [3.8, 4) is 11.5 Å². The Bertz CT molecular complexity index is 848. The number of thiophene rings is 1. The fourth-order valence-electron chi connectivity index (χ4n) is 4.41. The average Bonchev–Trinajstić information content (AvgIpc) is 3.38. The Hall–Kier alpha value is -1.97. The molecule has 4 rings (SSSR count). The number of methoxy groups -OCH3 is 2. The SMILES string of the molecule is COc1ccc([C@H]([C@@H](C(=O)c2cccs2)N2CCOCC2)N2CCOCC2)cc1OC. The number of ether oxygens (including phenoxy) is 4. The number of rotatable bonds is 8. The molecular formula is C23H30N2O5S. The summed E-state index contributed by atoms with van der Waals surface area (Å²) in [5.41, 5.74) is 1.04. The minimum Gasteiger partial charge on any atom is -0.493 e. The van der Waals surface area contributed by atoms with Crippen molar-refractivity contribution in [3.05, 3.63) is 46.2 Å². The van der Waals surface area contributed by atoms with Gasteiger partial charge in [-0.1, -0.05) is 12.1 Å². The van der Waals surface area contributed by atoms with Gasteiger partial charge in [0.15, 0.2) is 17.3 Å². The topological polar surface area (TPSA) is 60.5 Å². The van der Waals surface area contributed by atoms with Crippen molar-refractivity contribution in [2.45, 2.75) is 12.1 Å². The molecule has 2 fully saturated rings. The Balaban J connectivity index is 1.78. The Morgan fingerprint density at radius 3 is 2.16 bits per heavy atom. The molecule has 8 heteroatoms. The van der Waals surface area contributed by atoms with E-state index in [-0.39, 0.29) is 17.9 Å². The third-order valence-corrected chi connectivity index (χ3v) is 6.84. The second-order valence-corrected chi connectivity index (χ2v) is 8.59. The zero-order valence-electron chi connectivity index (χ0n) is 18.1. The molecule has 2 aliphatic heterocycles. The summed E-state index contributed by atoms with van der Waals surface area (Å²) in [6.07, 6.45) is 0. The van der Waals surface area contributed by atoms with Crippen molar-refractivity contribution in [1.29, 1.82) is 0 Å². The maximum absolute atomic E-state index is 13.9. The molecule has 2 aliphatic rings. The number of ketones is 1. The van der Waals surface area contributed by atoms with Gasteiger partial charge in [-0.25, -0.2) is 0 Å². The van der Waals surface area contributed by atoms with Crippen LogP contribution in [0.5, 0.6) is 11.5 Å². The van der Waals surface area contributed by atoms with Crippen LogP contribution in [-0.4, -0.2) is 88.5 Å². The Labute approximate surface area is 187 Å². The van der Waals surface area contributed by atoms with Crippen LogP contribution in [0.25, 0.3) is 0 Å². The van der Waals surface area contributed by atoms with Crippen LogP contribution in [-0.2, 0) is 9.47 Å². The summed E-state index contributed by atoms with van der Waals surface area (Å²) >= 11 is 1.50. The van der Waals surface area contributed by atoms with Crippen LogP contribution in [0.3, 0.4) is 0 Å². The largest absolute Gasteiger partial charge is 0.493 e. The van der Waals surface area contributed by atoms with E-state index in [0.717, 1.165) is 36.6 Å². The van der Waals surface area contributed by atoms with Gasteiger partial charge in [-0.3, -0.25) is 14.6 Å². The van der Waals surface area contributed by atoms with E-state index in [4.69, 9.17) is 18.9 Å². The van der Waals surface area contributed by atoms with Gasteiger partial charge in [0.05, 0.1) is 57.6 Å². The van der Waals surface area contributed by atoms with E-state index in [2.05, 4.69) is 15.9 Å². The molecule has 0 aliphatic carbocycles. The van der Waals surface area contributed by atoms with E-state index in [9.17, 15) is 4.79 Å². The number of hydrogen-bond donors (Lipinski definition) is 0. The summed E-state index contributed by atoms with van der Waals surface area (Å²) in [5, 5.41) is 1.96. The van der Waals surface area contributed by atoms with Gasteiger partial charge >= 0.3 is 0 Å². The summed E-state index contributed by atoms with van der Waals surface area (Å²) < 4.78 is 22.3. The molecule has 2 saturated heterocycles. The van der Waals surface area contributed by atoms with E-state index in [0.29, 0.717) is 37.9 Å². The molecule has 0 N–H and O–H groups in total. The first-order chi connectivity index (χ1) is 15.2. The molecule has 1 aromatic heterocycles. The number of morpholine rings is 2. The number of carbonyl (C=O) groups is 1. The number of nitrogens with zero attached hydrogens (tertiary/aromatic N) is 2. The molecule has 3 heterocycles. The fourth-order valence-corrected chi connectivity index (χ4v) is 5.11. The second-order valence-electron chi connectivity index (χ2n) is 7.64.